The summed E-state index contributed by atoms with van der Waals surface area (Å²) in [5.41, 5.74) is 2.74. The largest absolute Gasteiger partial charge is 0.573 e. The molecule has 1 aliphatic heterocycles. The van der Waals surface area contributed by atoms with E-state index in [9.17, 15) is 18.0 Å². The standard InChI is InChI=1S/C28H28F3N3O3S/c1-32-38-23-10-7-19(8-11-23)17-33-26(35)34-18-27(13-2-3-14-27)24-16-21(9-12-25(24)34)36-20-5-4-6-22(15-20)37-28(29,30)31/h4-12,15-16,32H,2-3,13-14,17-18H2,1H3,(H,33,35). The van der Waals surface area contributed by atoms with E-state index in [2.05, 4.69) is 14.8 Å². The zero-order valence-corrected chi connectivity index (χ0v) is 21.6. The van der Waals surface area contributed by atoms with Crippen LogP contribution in [0.1, 0.15) is 36.8 Å². The van der Waals surface area contributed by atoms with Crippen LogP contribution >= 0.6 is 11.9 Å². The maximum absolute atomic E-state index is 13.3. The highest BCUT2D eigenvalue weighted by atomic mass is 32.2. The molecule has 1 heterocycles. The summed E-state index contributed by atoms with van der Waals surface area (Å²) in [6, 6.07) is 18.8. The van der Waals surface area contributed by atoms with Gasteiger partial charge in [-0.05, 0) is 85.4 Å². The summed E-state index contributed by atoms with van der Waals surface area (Å²) < 4.78 is 50.8. The van der Waals surface area contributed by atoms with Gasteiger partial charge in [0.15, 0.2) is 0 Å². The first-order valence-corrected chi connectivity index (χ1v) is 13.2. The van der Waals surface area contributed by atoms with Crippen LogP contribution in [-0.2, 0) is 12.0 Å². The number of ether oxygens (including phenoxy) is 2. The Labute approximate surface area is 223 Å². The molecule has 0 aromatic heterocycles. The van der Waals surface area contributed by atoms with Crippen molar-refractivity contribution in [3.63, 3.8) is 0 Å². The summed E-state index contributed by atoms with van der Waals surface area (Å²) in [6.45, 7) is 1.00. The third kappa shape index (κ3) is 5.86. The van der Waals surface area contributed by atoms with Crippen molar-refractivity contribution in [2.75, 3.05) is 18.5 Å². The van der Waals surface area contributed by atoms with Crippen molar-refractivity contribution in [1.82, 2.24) is 10.0 Å². The molecular formula is C28H28F3N3O3S. The molecule has 5 rings (SSSR count). The monoisotopic (exact) mass is 543 g/mol. The number of carbonyl (C=O) groups is 1. The quantitative estimate of drug-likeness (QED) is 0.310. The highest BCUT2D eigenvalue weighted by Crippen LogP contribution is 2.51. The van der Waals surface area contributed by atoms with E-state index in [1.54, 1.807) is 17.0 Å². The highest BCUT2D eigenvalue weighted by Gasteiger charge is 2.46. The third-order valence-electron chi connectivity index (χ3n) is 6.96. The minimum absolute atomic E-state index is 0.153. The molecule has 1 fully saturated rings. The lowest BCUT2D eigenvalue weighted by molar-refractivity contribution is -0.274. The lowest BCUT2D eigenvalue weighted by Gasteiger charge is -2.25. The van der Waals surface area contributed by atoms with Gasteiger partial charge in [0.25, 0.3) is 0 Å². The molecule has 200 valence electrons. The Morgan fingerprint density at radius 3 is 2.42 bits per heavy atom. The van der Waals surface area contributed by atoms with E-state index in [0.717, 1.165) is 47.4 Å². The second-order valence-electron chi connectivity index (χ2n) is 9.49. The van der Waals surface area contributed by atoms with Gasteiger partial charge in [0.2, 0.25) is 0 Å². The summed E-state index contributed by atoms with van der Waals surface area (Å²) in [6.07, 6.45) is -0.693. The number of anilines is 1. The lowest BCUT2D eigenvalue weighted by atomic mass is 9.81. The third-order valence-corrected chi connectivity index (χ3v) is 7.67. The first-order chi connectivity index (χ1) is 18.2. The zero-order valence-electron chi connectivity index (χ0n) is 20.8. The molecule has 2 amide bonds. The van der Waals surface area contributed by atoms with Gasteiger partial charge in [0, 0.05) is 35.2 Å². The van der Waals surface area contributed by atoms with Crippen molar-refractivity contribution in [3.05, 3.63) is 77.9 Å². The SMILES string of the molecule is CNSc1ccc(CNC(=O)N2CC3(CCCC3)c3cc(Oc4cccc(OC(F)(F)F)c4)ccc32)cc1. The topological polar surface area (TPSA) is 62.8 Å². The average Bonchev–Trinajstić information content (AvgIpc) is 3.48. The molecule has 1 aliphatic carbocycles. The molecule has 1 spiro atoms. The summed E-state index contributed by atoms with van der Waals surface area (Å²) in [5.74, 6) is 0.390. The van der Waals surface area contributed by atoms with E-state index in [1.165, 1.54) is 30.1 Å². The second kappa shape index (κ2) is 10.8. The number of fused-ring (bicyclic) bond motifs is 2. The van der Waals surface area contributed by atoms with Crippen LogP contribution in [0.2, 0.25) is 0 Å². The minimum atomic E-state index is -4.78. The number of nitrogens with one attached hydrogen (secondary N) is 2. The van der Waals surface area contributed by atoms with Gasteiger partial charge >= 0.3 is 12.4 Å². The van der Waals surface area contributed by atoms with E-state index >= 15 is 0 Å². The molecule has 1 saturated carbocycles. The van der Waals surface area contributed by atoms with E-state index in [-0.39, 0.29) is 22.9 Å². The minimum Gasteiger partial charge on any atom is -0.457 e. The van der Waals surface area contributed by atoms with E-state index in [1.807, 2.05) is 43.4 Å². The van der Waals surface area contributed by atoms with Crippen molar-refractivity contribution < 1.29 is 27.4 Å². The van der Waals surface area contributed by atoms with Gasteiger partial charge in [-0.1, -0.05) is 31.0 Å². The first kappa shape index (κ1) is 26.2. The Morgan fingerprint density at radius 1 is 1.00 bits per heavy atom. The number of alkyl halides is 3. The Kier molecular flexibility index (Phi) is 7.45. The van der Waals surface area contributed by atoms with Crippen LogP contribution in [0.25, 0.3) is 0 Å². The predicted octanol–water partition coefficient (Wildman–Crippen LogP) is 7.15. The Bertz CT molecular complexity index is 1290. The summed E-state index contributed by atoms with van der Waals surface area (Å²) >= 11 is 1.53. The van der Waals surface area contributed by atoms with Gasteiger partial charge in [0.05, 0.1) is 0 Å². The number of benzene rings is 3. The molecule has 0 atom stereocenters. The molecule has 2 N–H and O–H groups in total. The van der Waals surface area contributed by atoms with Crippen molar-refractivity contribution in [2.24, 2.45) is 0 Å². The van der Waals surface area contributed by atoms with Crippen molar-refractivity contribution >= 4 is 23.7 Å². The molecule has 3 aromatic carbocycles. The molecule has 38 heavy (non-hydrogen) atoms. The van der Waals surface area contributed by atoms with Crippen molar-refractivity contribution in [1.29, 1.82) is 0 Å². The number of amides is 2. The summed E-state index contributed by atoms with van der Waals surface area (Å²) in [4.78, 5) is 16.2. The Hall–Kier alpha value is -3.37. The van der Waals surface area contributed by atoms with Gasteiger partial charge in [-0.3, -0.25) is 9.62 Å². The maximum atomic E-state index is 13.3. The number of rotatable bonds is 7. The molecule has 2 aliphatic rings. The molecule has 10 heteroatoms. The molecule has 0 saturated heterocycles. The lowest BCUT2D eigenvalue weighted by Crippen LogP contribution is -2.41. The molecule has 6 nitrogen and oxygen atoms in total. The fourth-order valence-corrected chi connectivity index (χ4v) is 5.82. The molecule has 0 radical (unpaired) electrons. The Balaban J connectivity index is 1.32. The van der Waals surface area contributed by atoms with Crippen LogP contribution < -0.4 is 24.4 Å². The van der Waals surface area contributed by atoms with Crippen LogP contribution in [0.4, 0.5) is 23.7 Å². The fourth-order valence-electron chi connectivity index (χ4n) is 5.31. The van der Waals surface area contributed by atoms with Crippen LogP contribution in [-0.4, -0.2) is 26.0 Å². The second-order valence-corrected chi connectivity index (χ2v) is 10.6. The van der Waals surface area contributed by atoms with E-state index in [4.69, 9.17) is 4.74 Å². The highest BCUT2D eigenvalue weighted by molar-refractivity contribution is 7.97. The number of urea groups is 1. The number of hydrogen-bond acceptors (Lipinski definition) is 5. The number of nitrogens with zero attached hydrogens (tertiary/aromatic N) is 1. The molecule has 3 aromatic rings. The van der Waals surface area contributed by atoms with Crippen LogP contribution in [0.5, 0.6) is 17.2 Å². The van der Waals surface area contributed by atoms with Gasteiger partial charge in [-0.2, -0.15) is 0 Å². The van der Waals surface area contributed by atoms with Crippen LogP contribution in [0, 0.1) is 0 Å². The van der Waals surface area contributed by atoms with E-state index in [0.29, 0.717) is 18.8 Å². The maximum Gasteiger partial charge on any atom is 0.573 e. The van der Waals surface area contributed by atoms with Crippen LogP contribution in [0.3, 0.4) is 0 Å². The summed E-state index contributed by atoms with van der Waals surface area (Å²) in [7, 11) is 1.87. The van der Waals surface area contributed by atoms with Crippen molar-refractivity contribution in [2.45, 2.75) is 48.9 Å². The number of hydrogen-bond donors (Lipinski definition) is 2. The number of halogens is 3. The Morgan fingerprint density at radius 2 is 1.71 bits per heavy atom. The summed E-state index contributed by atoms with van der Waals surface area (Å²) in [5, 5.41) is 3.05. The van der Waals surface area contributed by atoms with Gasteiger partial charge in [-0.15, -0.1) is 13.2 Å². The average molecular weight is 544 g/mol. The fraction of sp³-hybridized carbons (Fsp3) is 0.321. The molecular weight excluding hydrogens is 515 g/mol. The van der Waals surface area contributed by atoms with Gasteiger partial charge < -0.3 is 14.8 Å². The van der Waals surface area contributed by atoms with Gasteiger partial charge in [-0.25, -0.2) is 4.79 Å². The smallest absolute Gasteiger partial charge is 0.457 e. The number of carbonyl (C=O) groups excluding carboxylic acids is 1. The van der Waals surface area contributed by atoms with Crippen molar-refractivity contribution in [3.8, 4) is 17.2 Å². The first-order valence-electron chi connectivity index (χ1n) is 12.4. The van der Waals surface area contributed by atoms with Gasteiger partial charge in [0.1, 0.15) is 17.2 Å². The van der Waals surface area contributed by atoms with E-state index < -0.39 is 6.36 Å². The zero-order chi connectivity index (χ0) is 26.8. The normalized spacial score (nSPS) is 15.9. The molecule has 0 unspecified atom stereocenters. The predicted molar refractivity (Wildman–Crippen MR) is 141 cm³/mol. The van der Waals surface area contributed by atoms with Crippen LogP contribution in [0.15, 0.2) is 71.6 Å². The molecule has 0 bridgehead atoms.